The second-order valence-electron chi connectivity index (χ2n) is 23.7. The molecule has 0 atom stereocenters. The monoisotopic (exact) mass is 1200 g/mol. The summed E-state index contributed by atoms with van der Waals surface area (Å²) in [6, 6.07) is 130. The van der Waals surface area contributed by atoms with Crippen molar-refractivity contribution in [2.24, 2.45) is 0 Å². The first-order chi connectivity index (χ1) is 46.6. The van der Waals surface area contributed by atoms with Gasteiger partial charge < -0.3 is 14.0 Å². The first-order valence-corrected chi connectivity index (χ1v) is 32.0. The highest BCUT2D eigenvalue weighted by Crippen LogP contribution is 2.45. The molecule has 17 aromatic rings. The van der Waals surface area contributed by atoms with Gasteiger partial charge in [0.2, 0.25) is 5.95 Å². The van der Waals surface area contributed by atoms with Crippen molar-refractivity contribution in [2.75, 3.05) is 9.80 Å². The number of rotatable bonds is 14. The van der Waals surface area contributed by atoms with E-state index < -0.39 is 0 Å². The highest BCUT2D eigenvalue weighted by atomic mass is 15.3. The summed E-state index contributed by atoms with van der Waals surface area (Å²) in [6.07, 6.45) is 0. The van der Waals surface area contributed by atoms with Crippen LogP contribution in [0.5, 0.6) is 0 Å². The van der Waals surface area contributed by atoms with Gasteiger partial charge in [-0.2, -0.15) is 0 Å². The highest BCUT2D eigenvalue weighted by molar-refractivity contribution is 6.12. The zero-order valence-corrected chi connectivity index (χ0v) is 51.3. The molecule has 0 spiro atoms. The molecule has 0 aliphatic heterocycles. The molecule has 0 saturated heterocycles. The van der Waals surface area contributed by atoms with E-state index in [2.05, 4.69) is 383 Å². The lowest BCUT2D eigenvalue weighted by Crippen LogP contribution is -2.14. The van der Waals surface area contributed by atoms with Gasteiger partial charge in [0.1, 0.15) is 0 Å². The minimum Gasteiger partial charge on any atom is -0.310 e. The summed E-state index contributed by atoms with van der Waals surface area (Å²) in [4.78, 5) is 16.0. The van der Waals surface area contributed by atoms with Crippen LogP contribution in [0.15, 0.2) is 364 Å². The summed E-state index contributed by atoms with van der Waals surface area (Å²) in [5.74, 6) is 0.534. The fraction of sp³-hybridized carbons (Fsp3) is 0. The molecule has 0 saturated carbocycles. The Morgan fingerprint density at radius 3 is 1.07 bits per heavy atom. The van der Waals surface area contributed by atoms with Crippen LogP contribution < -0.4 is 9.80 Å². The second-order valence-corrected chi connectivity index (χ2v) is 23.7. The van der Waals surface area contributed by atoms with Crippen molar-refractivity contribution >= 4 is 78.0 Å². The first kappa shape index (κ1) is 55.4. The van der Waals surface area contributed by atoms with E-state index in [0.29, 0.717) is 5.95 Å². The first-order valence-electron chi connectivity index (χ1n) is 32.0. The van der Waals surface area contributed by atoms with Crippen molar-refractivity contribution < 1.29 is 0 Å². The van der Waals surface area contributed by atoms with E-state index in [1.54, 1.807) is 0 Å². The third-order valence-corrected chi connectivity index (χ3v) is 18.1. The maximum Gasteiger partial charge on any atom is 0.235 e. The van der Waals surface area contributed by atoms with Crippen LogP contribution >= 0.6 is 0 Å². The van der Waals surface area contributed by atoms with Gasteiger partial charge in [-0.25, -0.2) is 9.97 Å². The number of fused-ring (bicyclic) bond motifs is 6. The lowest BCUT2D eigenvalue weighted by Gasteiger charge is -2.27. The Morgan fingerprint density at radius 1 is 0.213 bits per heavy atom. The maximum absolute atomic E-state index is 5.76. The average molecular weight is 1200 g/mol. The minimum absolute atomic E-state index is 0.534. The largest absolute Gasteiger partial charge is 0.310 e. The number of hydrogen-bond acceptors (Lipinski definition) is 4. The van der Waals surface area contributed by atoms with Gasteiger partial charge in [-0.1, -0.05) is 237 Å². The summed E-state index contributed by atoms with van der Waals surface area (Å²) in [6.45, 7) is 0. The molecular weight excluding hydrogens is 1140 g/mol. The molecule has 94 heavy (non-hydrogen) atoms. The molecule has 0 N–H and O–H groups in total. The Labute approximate surface area is 546 Å². The van der Waals surface area contributed by atoms with E-state index in [1.807, 2.05) is 0 Å². The number of hydrogen-bond donors (Lipinski definition) is 0. The number of benzene rings is 14. The van der Waals surface area contributed by atoms with Gasteiger partial charge in [0.05, 0.1) is 33.5 Å². The molecule has 0 unspecified atom stereocenters. The number of anilines is 6. The van der Waals surface area contributed by atoms with Gasteiger partial charge in [0.25, 0.3) is 0 Å². The summed E-state index contributed by atoms with van der Waals surface area (Å²) >= 11 is 0. The molecule has 14 aromatic carbocycles. The third-order valence-electron chi connectivity index (χ3n) is 18.1. The van der Waals surface area contributed by atoms with Crippen LogP contribution in [-0.2, 0) is 0 Å². The lowest BCUT2D eigenvalue weighted by atomic mass is 9.89. The molecule has 17 rings (SSSR count). The second kappa shape index (κ2) is 24.0. The Hall–Kier alpha value is -12.6. The topological polar surface area (TPSA) is 42.1 Å². The van der Waals surface area contributed by atoms with Gasteiger partial charge in [-0.15, -0.1) is 0 Å². The molecule has 0 radical (unpaired) electrons. The van der Waals surface area contributed by atoms with Crippen LogP contribution in [0.25, 0.3) is 122 Å². The maximum atomic E-state index is 5.76. The zero-order chi connectivity index (χ0) is 62.3. The molecule has 0 amide bonds. The van der Waals surface area contributed by atoms with Crippen molar-refractivity contribution in [3.05, 3.63) is 364 Å². The standard InChI is InChI=1S/C88H60N6/c1-7-25-63(26-8-1)75-41-24-42-76(64-27-9-2-10-28-64)87(75)82-60-81(89-88(90-82)92(69-32-13-4-14-33-69)73-53-47-62(48-54-73)66-50-56-86-80(59-66)78-40-20-22-44-84(78)94(86)71-36-17-6-18-37-71)67-29-23-38-74(57-67)91(68-30-11-3-12-31-68)72-51-45-61(46-52-72)65-49-55-85-79(58-65)77-39-19-21-43-83(77)93(85)70-34-15-5-16-35-70/h1-60H. The summed E-state index contributed by atoms with van der Waals surface area (Å²) in [5.41, 5.74) is 24.3. The van der Waals surface area contributed by atoms with E-state index in [-0.39, 0.29) is 0 Å². The van der Waals surface area contributed by atoms with Crippen LogP contribution in [-0.4, -0.2) is 19.1 Å². The van der Waals surface area contributed by atoms with E-state index in [0.717, 1.165) is 107 Å². The molecule has 0 fully saturated rings. The molecular formula is C88H60N6. The van der Waals surface area contributed by atoms with Crippen molar-refractivity contribution in [3.8, 4) is 78.4 Å². The van der Waals surface area contributed by atoms with Crippen molar-refractivity contribution in [3.63, 3.8) is 0 Å². The van der Waals surface area contributed by atoms with Crippen molar-refractivity contribution in [1.82, 2.24) is 19.1 Å². The zero-order valence-electron chi connectivity index (χ0n) is 51.3. The van der Waals surface area contributed by atoms with E-state index >= 15 is 0 Å². The SMILES string of the molecule is c1ccc(-c2cccc(-c3ccccc3)c2-c2cc(-c3cccc(N(c4ccccc4)c4ccc(-c5ccc6c(c5)c5ccccc5n6-c5ccccc5)cc4)c3)nc(N(c3ccccc3)c3ccc(-c4ccc5c(c4)c4ccccc4n5-c4ccccc4)cc3)n2)cc1. The van der Waals surface area contributed by atoms with Crippen molar-refractivity contribution in [1.29, 1.82) is 0 Å². The fourth-order valence-electron chi connectivity index (χ4n) is 13.8. The van der Waals surface area contributed by atoms with E-state index in [9.17, 15) is 0 Å². The average Bonchev–Trinajstić information content (AvgIpc) is 1.47. The lowest BCUT2D eigenvalue weighted by molar-refractivity contribution is 1.09. The van der Waals surface area contributed by atoms with Gasteiger partial charge >= 0.3 is 0 Å². The fourth-order valence-corrected chi connectivity index (χ4v) is 13.8. The normalized spacial score (nSPS) is 11.4. The van der Waals surface area contributed by atoms with Gasteiger partial charge in [0.15, 0.2) is 0 Å². The Morgan fingerprint density at radius 2 is 0.574 bits per heavy atom. The van der Waals surface area contributed by atoms with E-state index in [4.69, 9.17) is 9.97 Å². The number of aromatic nitrogens is 4. The Balaban J connectivity index is 0.803. The molecule has 6 nitrogen and oxygen atoms in total. The van der Waals surface area contributed by atoms with E-state index in [1.165, 1.54) is 43.6 Å². The summed E-state index contributed by atoms with van der Waals surface area (Å²) < 4.78 is 4.73. The van der Waals surface area contributed by atoms with Gasteiger partial charge in [-0.3, -0.25) is 4.90 Å². The predicted octanol–water partition coefficient (Wildman–Crippen LogP) is 23.6. The quantitative estimate of drug-likeness (QED) is 0.109. The van der Waals surface area contributed by atoms with Crippen molar-refractivity contribution in [2.45, 2.75) is 0 Å². The predicted molar refractivity (Wildman–Crippen MR) is 393 cm³/mol. The van der Waals surface area contributed by atoms with Crippen LogP contribution in [0.3, 0.4) is 0 Å². The molecule has 0 bridgehead atoms. The van der Waals surface area contributed by atoms with Crippen LogP contribution in [0, 0.1) is 0 Å². The van der Waals surface area contributed by atoms with Crippen LogP contribution in [0.4, 0.5) is 34.4 Å². The molecule has 3 aromatic heterocycles. The van der Waals surface area contributed by atoms with Crippen LogP contribution in [0.1, 0.15) is 0 Å². The summed E-state index contributed by atoms with van der Waals surface area (Å²) in [7, 11) is 0. The third kappa shape index (κ3) is 10.1. The number of nitrogens with zero attached hydrogens (tertiary/aromatic N) is 6. The van der Waals surface area contributed by atoms with Crippen LogP contribution in [0.2, 0.25) is 0 Å². The Bertz CT molecular complexity index is 5520. The molecule has 6 heteroatoms. The number of para-hydroxylation sites is 6. The van der Waals surface area contributed by atoms with Gasteiger partial charge in [-0.05, 0) is 172 Å². The van der Waals surface area contributed by atoms with Gasteiger partial charge in [0, 0.05) is 72.5 Å². The molecule has 0 aliphatic rings. The molecule has 0 aliphatic carbocycles. The molecule has 3 heterocycles. The summed E-state index contributed by atoms with van der Waals surface area (Å²) in [5, 5.41) is 4.87. The minimum atomic E-state index is 0.534. The smallest absolute Gasteiger partial charge is 0.235 e. The highest BCUT2D eigenvalue weighted by Gasteiger charge is 2.24. The molecule has 442 valence electrons. The Kier molecular flexibility index (Phi) is 14.1.